The number of carbonyl (C=O) groups is 5. The van der Waals surface area contributed by atoms with E-state index in [-0.39, 0.29) is 42.4 Å². The van der Waals surface area contributed by atoms with E-state index >= 15 is 4.79 Å². The first kappa shape index (κ1) is 48.7. The number of rotatable bonds is 13. The van der Waals surface area contributed by atoms with Gasteiger partial charge in [0.2, 0.25) is 12.0 Å². The van der Waals surface area contributed by atoms with Crippen molar-refractivity contribution in [3.8, 4) is 0 Å². The van der Waals surface area contributed by atoms with Crippen molar-refractivity contribution >= 4 is 43.9 Å². The topological polar surface area (TPSA) is 183 Å². The standard InChI is InChI=1S/C52H67NO13Si/c1-12-67(13-2,14-3)66-37-25-38-51(28-60-38,65-32(8)55)41-43(64-46(57)34-23-19-16-20-24-34)52(59)27-36(30(6)39(48(52,9)10)40(61-31(7)54)42(56)49(37,41)11)62-47(58)44-50(26-35(50)29(4)5)53-45(63-44)33-21-17-15-18-22-33/h15-24,29,35-38,40-41,43-44,59H,12-14,25-28H2,1-11H3/t35?,36-,37-,38+,40+,41-,43-,44+,49+,50+,51-,52+/m0/s1. The molecule has 2 aromatic carbocycles. The zero-order valence-corrected chi connectivity index (χ0v) is 41.7. The fourth-order valence-corrected chi connectivity index (χ4v) is 15.6. The van der Waals surface area contributed by atoms with Gasteiger partial charge in [-0.15, -0.1) is 0 Å². The van der Waals surface area contributed by atoms with E-state index in [1.54, 1.807) is 58.0 Å². The maximum absolute atomic E-state index is 16.4. The number of aliphatic imine (C=N–C) groups is 1. The van der Waals surface area contributed by atoms with Gasteiger partial charge in [0, 0.05) is 37.7 Å². The highest BCUT2D eigenvalue weighted by atomic mass is 28.4. The molecule has 2 aromatic rings. The molecule has 3 saturated carbocycles. The molecule has 8 rings (SSSR count). The van der Waals surface area contributed by atoms with Gasteiger partial charge in [0.05, 0.1) is 29.6 Å². The number of fused-ring (bicyclic) bond motifs is 5. The quantitative estimate of drug-likeness (QED) is 0.0903. The van der Waals surface area contributed by atoms with E-state index in [0.717, 1.165) is 18.1 Å². The van der Waals surface area contributed by atoms with Gasteiger partial charge in [0.1, 0.15) is 29.5 Å². The normalized spacial score (nSPS) is 36.0. The first-order chi connectivity index (χ1) is 31.6. The van der Waals surface area contributed by atoms with Gasteiger partial charge in [-0.2, -0.15) is 0 Å². The maximum Gasteiger partial charge on any atom is 0.350 e. The van der Waals surface area contributed by atoms with Gasteiger partial charge in [-0.1, -0.05) is 84.9 Å². The predicted octanol–water partition coefficient (Wildman–Crippen LogP) is 7.49. The molecule has 15 heteroatoms. The van der Waals surface area contributed by atoms with Crippen molar-refractivity contribution in [2.24, 2.45) is 33.6 Å². The van der Waals surface area contributed by atoms with Crippen LogP contribution in [0.1, 0.15) is 111 Å². The first-order valence-electron chi connectivity index (χ1n) is 24.0. The van der Waals surface area contributed by atoms with Gasteiger partial charge < -0.3 is 38.0 Å². The first-order valence-corrected chi connectivity index (χ1v) is 26.5. The monoisotopic (exact) mass is 941 g/mol. The summed E-state index contributed by atoms with van der Waals surface area (Å²) in [6.45, 7) is 19.5. The second-order valence-corrected chi connectivity index (χ2v) is 25.6. The van der Waals surface area contributed by atoms with Gasteiger partial charge in [-0.25, -0.2) is 14.6 Å². The average Bonchev–Trinajstić information content (AvgIpc) is 3.89. The van der Waals surface area contributed by atoms with Crippen LogP contribution in [0.5, 0.6) is 0 Å². The fourth-order valence-electron chi connectivity index (χ4n) is 12.7. The summed E-state index contributed by atoms with van der Waals surface area (Å²) in [7, 11) is -2.59. The molecule has 4 aliphatic carbocycles. The molecule has 2 heterocycles. The molecule has 1 spiro atoms. The number of hydrogen-bond acceptors (Lipinski definition) is 14. The lowest BCUT2D eigenvalue weighted by molar-refractivity contribution is -0.344. The lowest BCUT2D eigenvalue weighted by Gasteiger charge is -2.68. The maximum atomic E-state index is 16.4. The Morgan fingerprint density at radius 1 is 0.881 bits per heavy atom. The molecule has 4 fully saturated rings. The number of Topliss-reactive ketones (excluding diaryl/α,β-unsaturated/α-hetero) is 1. The Balaban J connectivity index is 1.33. The second-order valence-electron chi connectivity index (χ2n) is 20.8. The summed E-state index contributed by atoms with van der Waals surface area (Å²) < 4.78 is 45.9. The Hall–Kier alpha value is -4.70. The van der Waals surface area contributed by atoms with Crippen LogP contribution in [0.3, 0.4) is 0 Å². The summed E-state index contributed by atoms with van der Waals surface area (Å²) in [5, 5.41) is 14.2. The minimum absolute atomic E-state index is 0.0169. The van der Waals surface area contributed by atoms with Crippen LogP contribution in [0.25, 0.3) is 0 Å². The third-order valence-electron chi connectivity index (χ3n) is 16.8. The van der Waals surface area contributed by atoms with Crippen molar-refractivity contribution in [1.82, 2.24) is 0 Å². The zero-order valence-electron chi connectivity index (χ0n) is 40.7. The Bertz CT molecular complexity index is 2350. The molecule has 6 aliphatic rings. The van der Waals surface area contributed by atoms with E-state index in [1.165, 1.54) is 13.8 Å². The summed E-state index contributed by atoms with van der Waals surface area (Å²) in [6, 6.07) is 19.8. The third kappa shape index (κ3) is 7.61. The van der Waals surface area contributed by atoms with Crippen molar-refractivity contribution < 1.29 is 61.9 Å². The SMILES string of the molecule is CC[Si](CC)(CC)O[C@H]1C[C@H]2OC[C@@]2(OC(C)=O)[C@H]2[C@H](OC(=O)c3ccccc3)[C@]3(O)C[C@H](OC(=O)[C@H]4OC(c5ccccc5)=N[C@@]45CC5C(C)C)C(C)=C([C@@H](OC(C)=O)C(=O)[C@]12C)C3(C)C. The summed E-state index contributed by atoms with van der Waals surface area (Å²) >= 11 is 0. The summed E-state index contributed by atoms with van der Waals surface area (Å²) in [4.78, 5) is 77.9. The molecule has 0 aromatic heterocycles. The van der Waals surface area contributed by atoms with Gasteiger partial charge in [-0.05, 0) is 85.6 Å². The summed E-state index contributed by atoms with van der Waals surface area (Å²) in [5.74, 6) is -4.40. The van der Waals surface area contributed by atoms with Gasteiger partial charge in [-0.3, -0.25) is 14.4 Å². The molecule has 362 valence electrons. The number of aliphatic hydroxyl groups is 1. The van der Waals surface area contributed by atoms with Crippen LogP contribution in [0.4, 0.5) is 0 Å². The molecule has 12 atom stereocenters. The minimum atomic E-state index is -2.59. The van der Waals surface area contributed by atoms with Gasteiger partial charge in [0.25, 0.3) is 0 Å². The van der Waals surface area contributed by atoms with Gasteiger partial charge in [0.15, 0.2) is 25.8 Å². The number of carbonyl (C=O) groups excluding carboxylic acids is 5. The number of ketones is 1. The van der Waals surface area contributed by atoms with Crippen molar-refractivity contribution in [3.63, 3.8) is 0 Å². The summed E-state index contributed by atoms with van der Waals surface area (Å²) in [6.07, 6.45) is -7.09. The van der Waals surface area contributed by atoms with Crippen molar-refractivity contribution in [2.75, 3.05) is 6.61 Å². The van der Waals surface area contributed by atoms with Crippen LogP contribution in [0.15, 0.2) is 76.8 Å². The molecule has 14 nitrogen and oxygen atoms in total. The van der Waals surface area contributed by atoms with E-state index in [2.05, 4.69) is 34.6 Å². The van der Waals surface area contributed by atoms with Crippen LogP contribution < -0.4 is 0 Å². The van der Waals surface area contributed by atoms with E-state index in [9.17, 15) is 24.3 Å². The predicted molar refractivity (Wildman–Crippen MR) is 248 cm³/mol. The second kappa shape index (κ2) is 17.4. The van der Waals surface area contributed by atoms with E-state index in [4.69, 9.17) is 37.8 Å². The van der Waals surface area contributed by atoms with Crippen molar-refractivity contribution in [1.29, 1.82) is 0 Å². The molecule has 1 saturated heterocycles. The number of esters is 4. The molecule has 0 amide bonds. The molecular formula is C52H67NO13Si. The van der Waals surface area contributed by atoms with Crippen LogP contribution in [-0.2, 0) is 52.0 Å². The molecule has 2 bridgehead atoms. The largest absolute Gasteiger partial charge is 0.459 e. The number of hydrogen-bond donors (Lipinski definition) is 1. The number of nitrogens with zero attached hydrogens (tertiary/aromatic N) is 1. The lowest BCUT2D eigenvalue weighted by Crippen LogP contribution is -2.82. The minimum Gasteiger partial charge on any atom is -0.459 e. The molecular weight excluding hydrogens is 875 g/mol. The van der Waals surface area contributed by atoms with E-state index < -0.39 is 108 Å². The molecule has 1 N–H and O–H groups in total. The Labute approximate surface area is 394 Å². The molecule has 2 aliphatic heterocycles. The van der Waals surface area contributed by atoms with Crippen LogP contribution in [-0.4, -0.2) is 109 Å². The highest BCUT2D eigenvalue weighted by Gasteiger charge is 2.79. The number of benzene rings is 2. The highest BCUT2D eigenvalue weighted by Crippen LogP contribution is 2.66. The van der Waals surface area contributed by atoms with Crippen LogP contribution in [0.2, 0.25) is 18.1 Å². The average molecular weight is 942 g/mol. The van der Waals surface area contributed by atoms with Crippen molar-refractivity contribution in [2.45, 2.75) is 167 Å². The van der Waals surface area contributed by atoms with E-state index in [0.29, 0.717) is 23.5 Å². The van der Waals surface area contributed by atoms with Gasteiger partial charge >= 0.3 is 23.9 Å². The van der Waals surface area contributed by atoms with Crippen molar-refractivity contribution in [3.05, 3.63) is 82.9 Å². The van der Waals surface area contributed by atoms with Crippen LogP contribution in [0, 0.1) is 28.6 Å². The summed E-state index contributed by atoms with van der Waals surface area (Å²) in [5.41, 5.74) is -6.60. The lowest BCUT2D eigenvalue weighted by atomic mass is 9.44. The highest BCUT2D eigenvalue weighted by molar-refractivity contribution is 6.73. The molecule has 1 unspecified atom stereocenters. The van der Waals surface area contributed by atoms with E-state index in [1.807, 2.05) is 30.3 Å². The Kier molecular flexibility index (Phi) is 12.6. The Morgan fingerprint density at radius 2 is 1.51 bits per heavy atom. The Morgan fingerprint density at radius 3 is 2.04 bits per heavy atom. The smallest absolute Gasteiger partial charge is 0.350 e. The number of ether oxygens (including phenoxy) is 6. The zero-order chi connectivity index (χ0) is 48.6. The fraction of sp³-hybridized carbons (Fsp3) is 0.615. The molecule has 0 radical (unpaired) electrons. The van der Waals surface area contributed by atoms with Crippen LogP contribution >= 0.6 is 0 Å². The third-order valence-corrected chi connectivity index (χ3v) is 21.4. The molecule has 67 heavy (non-hydrogen) atoms.